The Bertz CT molecular complexity index is 2130. The molecule has 54 heavy (non-hydrogen) atoms. The molecule has 0 spiro atoms. The number of halogens is 2. The van der Waals surface area contributed by atoms with Gasteiger partial charge in [0.25, 0.3) is 0 Å². The molecule has 2 aliphatic carbocycles. The molecule has 2 heterocycles. The van der Waals surface area contributed by atoms with Gasteiger partial charge in [-0.3, -0.25) is 0 Å². The van der Waals surface area contributed by atoms with Gasteiger partial charge >= 0.3 is 37.9 Å². The molecule has 0 bridgehead atoms. The summed E-state index contributed by atoms with van der Waals surface area (Å²) in [6.45, 7) is 13.3. The standard InChI is InChI=1S/C48H46O2Si.2ClH.Zr/c1-47(2,3)45-25-23-43(49-45)39-27-37-33(31-15-9-7-10-16-31)19-13-21-35(37)41(39)29-51-30-42-36-22-14-20-34(32-17-11-8-12-18-32)38(36)28-40(42)44-24-26-46(50-44)48(4,5)6;;;/h7-28,41-42H,29-30H2,1-6H3;2*1H;/q;;;+2/p-2. The Kier molecular flexibility index (Phi) is 11.8. The fourth-order valence-corrected chi connectivity index (χ4v) is 9.40. The van der Waals surface area contributed by atoms with Crippen LogP contribution in [0.2, 0.25) is 12.1 Å². The second-order valence-electron chi connectivity index (χ2n) is 16.2. The molecule has 0 fully saturated rings. The summed E-state index contributed by atoms with van der Waals surface area (Å²) in [7, 11) is 10.6. The van der Waals surface area contributed by atoms with Crippen LogP contribution in [0.25, 0.3) is 45.6 Å². The van der Waals surface area contributed by atoms with Crippen molar-refractivity contribution in [2.24, 2.45) is 0 Å². The van der Waals surface area contributed by atoms with Gasteiger partial charge in [-0.2, -0.15) is 0 Å². The molecule has 2 nitrogen and oxygen atoms in total. The number of hydrogen-bond acceptors (Lipinski definition) is 2. The van der Waals surface area contributed by atoms with E-state index in [9.17, 15) is 0 Å². The van der Waals surface area contributed by atoms with Crippen LogP contribution in [-0.2, 0) is 31.7 Å². The van der Waals surface area contributed by atoms with Gasteiger partial charge in [-0.05, 0) is 93.0 Å². The van der Waals surface area contributed by atoms with Crippen molar-refractivity contribution in [3.8, 4) is 22.3 Å². The summed E-state index contributed by atoms with van der Waals surface area (Å²) in [5, 5.41) is 0. The summed E-state index contributed by atoms with van der Waals surface area (Å²) < 4.78 is 13.3. The van der Waals surface area contributed by atoms with E-state index in [0.29, 0.717) is 0 Å². The number of furan rings is 2. The first kappa shape index (κ1) is 38.9. The van der Waals surface area contributed by atoms with E-state index in [1.165, 1.54) is 55.7 Å². The molecule has 4 aromatic carbocycles. The molecule has 0 saturated heterocycles. The Morgan fingerprint density at radius 1 is 0.519 bits per heavy atom. The minimum absolute atomic E-state index is 0.0490. The van der Waals surface area contributed by atoms with E-state index in [-0.39, 0.29) is 22.7 Å². The quantitative estimate of drug-likeness (QED) is 0.143. The SMILES string of the molecule is CC(C)(C)c1ccc(C2=Cc3c(-c4ccccc4)cccc3C2C[Si]CC2C(c3ccc(C(C)(C)C)o3)=Cc3c(-c4ccccc4)cccc32)o1.[Cl][Zr][Cl]. The van der Waals surface area contributed by atoms with Crippen molar-refractivity contribution >= 4 is 49.8 Å². The number of hydrogen-bond donors (Lipinski definition) is 0. The van der Waals surface area contributed by atoms with Crippen molar-refractivity contribution in [2.45, 2.75) is 76.3 Å². The zero-order valence-corrected chi connectivity index (χ0v) is 36.8. The van der Waals surface area contributed by atoms with Gasteiger partial charge in [-0.1, -0.05) is 139 Å². The molecule has 0 N–H and O–H groups in total. The van der Waals surface area contributed by atoms with Gasteiger partial charge in [0.2, 0.25) is 0 Å². The Balaban J connectivity index is 0.00000145. The molecule has 6 heteroatoms. The van der Waals surface area contributed by atoms with E-state index in [2.05, 4.69) is 175 Å². The van der Waals surface area contributed by atoms with Gasteiger partial charge < -0.3 is 8.83 Å². The first-order chi connectivity index (χ1) is 26.0. The van der Waals surface area contributed by atoms with E-state index in [4.69, 9.17) is 25.9 Å². The van der Waals surface area contributed by atoms with Crippen LogP contribution in [0.4, 0.5) is 0 Å². The fraction of sp³-hybridized carbons (Fsp3) is 0.250. The molecule has 0 amide bonds. The van der Waals surface area contributed by atoms with Crippen LogP contribution in [0.15, 0.2) is 130 Å². The summed E-state index contributed by atoms with van der Waals surface area (Å²) in [6.07, 6.45) is 4.83. The van der Waals surface area contributed by atoms with Gasteiger partial charge in [-0.15, -0.1) is 0 Å². The van der Waals surface area contributed by atoms with Gasteiger partial charge in [0.15, 0.2) is 0 Å². The van der Waals surface area contributed by atoms with Crippen molar-refractivity contribution in [3.05, 3.63) is 167 Å². The molecule has 6 aromatic rings. The predicted octanol–water partition coefficient (Wildman–Crippen LogP) is 14.7. The topological polar surface area (TPSA) is 26.3 Å². The third-order valence-corrected chi connectivity index (χ3v) is 11.9. The van der Waals surface area contributed by atoms with Crippen LogP contribution < -0.4 is 0 Å². The molecule has 2 aliphatic rings. The van der Waals surface area contributed by atoms with Gasteiger partial charge in [-0.25, -0.2) is 0 Å². The molecule has 272 valence electrons. The normalized spacial score (nSPS) is 16.2. The van der Waals surface area contributed by atoms with Crippen molar-refractivity contribution in [2.75, 3.05) is 0 Å². The van der Waals surface area contributed by atoms with E-state index in [1.54, 1.807) is 0 Å². The van der Waals surface area contributed by atoms with E-state index in [1.807, 2.05) is 0 Å². The summed E-state index contributed by atoms with van der Waals surface area (Å²) in [5.74, 6) is 4.57. The van der Waals surface area contributed by atoms with Crippen LogP contribution >= 0.6 is 17.0 Å². The molecule has 0 saturated carbocycles. The maximum atomic E-state index is 6.64. The number of allylic oxidation sites excluding steroid dienone is 2. The van der Waals surface area contributed by atoms with Crippen LogP contribution in [0, 0.1) is 0 Å². The molecule has 2 aromatic heterocycles. The molecule has 0 aliphatic heterocycles. The first-order valence-corrected chi connectivity index (χ1v) is 26.4. The van der Waals surface area contributed by atoms with Gasteiger partial charge in [0.1, 0.15) is 23.0 Å². The van der Waals surface area contributed by atoms with Crippen LogP contribution in [-0.4, -0.2) is 9.52 Å². The Hall–Kier alpha value is -3.40. The van der Waals surface area contributed by atoms with Gasteiger partial charge in [0.05, 0.1) is 0 Å². The first-order valence-electron chi connectivity index (χ1n) is 18.7. The van der Waals surface area contributed by atoms with E-state index < -0.39 is 20.8 Å². The molecule has 8 rings (SSSR count). The third kappa shape index (κ3) is 8.10. The molecular formula is C48H46Cl2O2SiZr. The molecular weight excluding hydrogens is 799 g/mol. The summed E-state index contributed by atoms with van der Waals surface area (Å²) in [5.41, 5.74) is 13.0. The van der Waals surface area contributed by atoms with Gasteiger partial charge in [0, 0.05) is 43.3 Å². The predicted molar refractivity (Wildman–Crippen MR) is 227 cm³/mol. The summed E-state index contributed by atoms with van der Waals surface area (Å²) in [6, 6.07) is 46.1. The van der Waals surface area contributed by atoms with Crippen LogP contribution in [0.3, 0.4) is 0 Å². The Morgan fingerprint density at radius 2 is 0.907 bits per heavy atom. The second kappa shape index (κ2) is 16.4. The van der Waals surface area contributed by atoms with Crippen LogP contribution in [0.1, 0.15) is 98.7 Å². The zero-order valence-electron chi connectivity index (χ0n) is 31.8. The van der Waals surface area contributed by atoms with Crippen molar-refractivity contribution in [1.82, 2.24) is 0 Å². The average molecular weight is 845 g/mol. The van der Waals surface area contributed by atoms with Crippen molar-refractivity contribution in [1.29, 1.82) is 0 Å². The Morgan fingerprint density at radius 3 is 1.26 bits per heavy atom. The summed E-state index contributed by atoms with van der Waals surface area (Å²) in [4.78, 5) is 0. The molecule has 2 radical (unpaired) electrons. The minimum atomic E-state index is -0.826. The molecule has 2 atom stereocenters. The van der Waals surface area contributed by atoms with Crippen LogP contribution in [0.5, 0.6) is 0 Å². The van der Waals surface area contributed by atoms with E-state index in [0.717, 1.165) is 44.6 Å². The second-order valence-corrected chi connectivity index (χ2v) is 21.3. The zero-order chi connectivity index (χ0) is 38.0. The fourth-order valence-electron chi connectivity index (χ4n) is 7.77. The maximum absolute atomic E-state index is 6.64. The van der Waals surface area contributed by atoms with E-state index >= 15 is 0 Å². The number of rotatable bonds is 8. The summed E-state index contributed by atoms with van der Waals surface area (Å²) >= 11 is -0.826. The van der Waals surface area contributed by atoms with Crippen molar-refractivity contribution in [3.63, 3.8) is 0 Å². The van der Waals surface area contributed by atoms with Crippen molar-refractivity contribution < 1.29 is 29.7 Å². The number of fused-ring (bicyclic) bond motifs is 2. The third-order valence-electron chi connectivity index (χ3n) is 10.5. The molecule has 2 unspecified atom stereocenters. The monoisotopic (exact) mass is 842 g/mol. The average Bonchev–Trinajstić information content (AvgIpc) is 3.97. The Labute approximate surface area is 342 Å². The number of benzene rings is 4.